The molecule has 0 amide bonds. The second-order valence-corrected chi connectivity index (χ2v) is 4.74. The Morgan fingerprint density at radius 1 is 1.13 bits per heavy atom. The highest BCUT2D eigenvalue weighted by Gasteiger charge is 2.06. The van der Waals surface area contributed by atoms with Crippen molar-refractivity contribution in [3.8, 4) is 11.5 Å². The van der Waals surface area contributed by atoms with Gasteiger partial charge in [-0.15, -0.1) is 12.4 Å². The fourth-order valence-corrected chi connectivity index (χ4v) is 2.04. The molecule has 23 heavy (non-hydrogen) atoms. The van der Waals surface area contributed by atoms with Gasteiger partial charge in [-0.05, 0) is 36.8 Å². The Morgan fingerprint density at radius 3 is 2.70 bits per heavy atom. The number of ether oxygens (including phenoxy) is 2. The van der Waals surface area contributed by atoms with Crippen molar-refractivity contribution in [1.29, 1.82) is 0 Å². The number of nitrogens with zero attached hydrogens (tertiary/aromatic N) is 1. The van der Waals surface area contributed by atoms with E-state index in [0.717, 1.165) is 35.8 Å². The first-order valence-electron chi connectivity index (χ1n) is 7.43. The van der Waals surface area contributed by atoms with E-state index in [1.165, 1.54) is 0 Å². The molecule has 1 heterocycles. The summed E-state index contributed by atoms with van der Waals surface area (Å²) >= 11 is 0. The molecule has 0 unspecified atom stereocenters. The highest BCUT2D eigenvalue weighted by Crippen LogP contribution is 2.28. The lowest BCUT2D eigenvalue weighted by Gasteiger charge is -2.13. The molecular formula is C18H23ClN2O2. The third kappa shape index (κ3) is 6.30. The van der Waals surface area contributed by atoms with E-state index in [9.17, 15) is 0 Å². The van der Waals surface area contributed by atoms with Crippen LogP contribution in [-0.2, 0) is 13.1 Å². The van der Waals surface area contributed by atoms with Crippen LogP contribution in [0.25, 0.3) is 0 Å². The summed E-state index contributed by atoms with van der Waals surface area (Å²) in [5.41, 5.74) is 2.17. The molecular weight excluding hydrogens is 312 g/mol. The Balaban J connectivity index is 0.00000264. The molecule has 0 bridgehead atoms. The Kier molecular flexibility index (Phi) is 8.80. The maximum absolute atomic E-state index is 5.64. The van der Waals surface area contributed by atoms with Crippen LogP contribution in [0.2, 0.25) is 0 Å². The zero-order chi connectivity index (χ0) is 15.6. The Labute approximate surface area is 144 Å². The van der Waals surface area contributed by atoms with Crippen molar-refractivity contribution in [2.45, 2.75) is 20.0 Å². The Bertz CT molecular complexity index is 591. The predicted molar refractivity (Wildman–Crippen MR) is 95.3 cm³/mol. The molecule has 0 aliphatic heterocycles. The number of rotatable bonds is 9. The Morgan fingerprint density at radius 2 is 2.00 bits per heavy atom. The van der Waals surface area contributed by atoms with Gasteiger partial charge >= 0.3 is 0 Å². The van der Waals surface area contributed by atoms with Crippen molar-refractivity contribution in [2.75, 3.05) is 13.2 Å². The van der Waals surface area contributed by atoms with Crippen LogP contribution in [0.1, 0.15) is 18.2 Å². The van der Waals surface area contributed by atoms with Gasteiger partial charge in [0.1, 0.15) is 6.61 Å². The van der Waals surface area contributed by atoms with Gasteiger partial charge in [-0.3, -0.25) is 4.98 Å². The molecule has 0 spiro atoms. The monoisotopic (exact) mass is 334 g/mol. The summed E-state index contributed by atoms with van der Waals surface area (Å²) in [5.74, 6) is 1.51. The topological polar surface area (TPSA) is 43.4 Å². The molecule has 2 rings (SSSR count). The van der Waals surface area contributed by atoms with Gasteiger partial charge in [-0.2, -0.15) is 0 Å². The number of hydrogen-bond donors (Lipinski definition) is 1. The molecule has 0 radical (unpaired) electrons. The van der Waals surface area contributed by atoms with Crippen LogP contribution in [0.4, 0.5) is 0 Å². The zero-order valence-corrected chi connectivity index (χ0v) is 14.1. The van der Waals surface area contributed by atoms with Crippen LogP contribution >= 0.6 is 12.4 Å². The van der Waals surface area contributed by atoms with Gasteiger partial charge in [-0.1, -0.05) is 24.8 Å². The standard InChI is InChI=1S/C18H22N2O2.ClH/c1-3-11-22-17-9-8-15(12-18(17)21-4-2)13-19-14-16-7-5-6-10-20-16;/h3,5-10,12,19H,1,4,11,13-14H2,2H3;1H. The second-order valence-electron chi connectivity index (χ2n) is 4.74. The van der Waals surface area contributed by atoms with Crippen LogP contribution in [-0.4, -0.2) is 18.2 Å². The smallest absolute Gasteiger partial charge is 0.161 e. The van der Waals surface area contributed by atoms with Crippen LogP contribution in [0, 0.1) is 0 Å². The van der Waals surface area contributed by atoms with Gasteiger partial charge in [0, 0.05) is 19.3 Å². The maximum atomic E-state index is 5.64. The number of benzene rings is 1. The number of hydrogen-bond acceptors (Lipinski definition) is 4. The number of pyridine rings is 1. The quantitative estimate of drug-likeness (QED) is 0.709. The van der Waals surface area contributed by atoms with E-state index < -0.39 is 0 Å². The van der Waals surface area contributed by atoms with Crippen LogP contribution in [0.3, 0.4) is 0 Å². The summed E-state index contributed by atoms with van der Waals surface area (Å²) in [7, 11) is 0. The lowest BCUT2D eigenvalue weighted by Crippen LogP contribution is -2.13. The number of nitrogens with one attached hydrogen (secondary N) is 1. The number of aromatic nitrogens is 1. The molecule has 0 atom stereocenters. The fraction of sp³-hybridized carbons (Fsp3) is 0.278. The molecule has 0 saturated carbocycles. The molecule has 2 aromatic rings. The summed E-state index contributed by atoms with van der Waals surface area (Å²) < 4.78 is 11.2. The summed E-state index contributed by atoms with van der Waals surface area (Å²) in [4.78, 5) is 4.29. The van der Waals surface area contributed by atoms with Gasteiger partial charge in [0.05, 0.1) is 12.3 Å². The van der Waals surface area contributed by atoms with Gasteiger partial charge in [0.25, 0.3) is 0 Å². The maximum Gasteiger partial charge on any atom is 0.161 e. The van der Waals surface area contributed by atoms with E-state index >= 15 is 0 Å². The minimum atomic E-state index is 0. The van der Waals surface area contributed by atoms with Crippen LogP contribution in [0.15, 0.2) is 55.3 Å². The first kappa shape index (κ1) is 19.0. The van der Waals surface area contributed by atoms with E-state index in [4.69, 9.17) is 9.47 Å². The molecule has 0 saturated heterocycles. The lowest BCUT2D eigenvalue weighted by molar-refractivity contribution is 0.296. The molecule has 1 aromatic heterocycles. The van der Waals surface area contributed by atoms with E-state index in [-0.39, 0.29) is 12.4 Å². The lowest BCUT2D eigenvalue weighted by atomic mass is 10.2. The molecule has 0 aliphatic carbocycles. The third-order valence-corrected chi connectivity index (χ3v) is 3.03. The van der Waals surface area contributed by atoms with Gasteiger partial charge < -0.3 is 14.8 Å². The van der Waals surface area contributed by atoms with Crippen LogP contribution < -0.4 is 14.8 Å². The minimum Gasteiger partial charge on any atom is -0.490 e. The van der Waals surface area contributed by atoms with Gasteiger partial charge in [-0.25, -0.2) is 0 Å². The molecule has 0 aliphatic rings. The van der Waals surface area contributed by atoms with Gasteiger partial charge in [0.2, 0.25) is 0 Å². The van der Waals surface area contributed by atoms with Crippen molar-refractivity contribution in [2.24, 2.45) is 0 Å². The Hall–Kier alpha value is -2.04. The summed E-state index contributed by atoms with van der Waals surface area (Å²) in [6, 6.07) is 11.9. The molecule has 124 valence electrons. The van der Waals surface area contributed by atoms with Gasteiger partial charge in [0.15, 0.2) is 11.5 Å². The average molecular weight is 335 g/mol. The molecule has 4 nitrogen and oxygen atoms in total. The SMILES string of the molecule is C=CCOc1ccc(CNCc2ccccn2)cc1OCC.Cl. The largest absolute Gasteiger partial charge is 0.490 e. The van der Waals surface area contributed by atoms with E-state index in [2.05, 4.69) is 16.9 Å². The van der Waals surface area contributed by atoms with Crippen molar-refractivity contribution < 1.29 is 9.47 Å². The third-order valence-electron chi connectivity index (χ3n) is 3.03. The van der Waals surface area contributed by atoms with Crippen molar-refractivity contribution >= 4 is 12.4 Å². The van der Waals surface area contributed by atoms with E-state index in [1.807, 2.05) is 43.3 Å². The minimum absolute atomic E-state index is 0. The zero-order valence-electron chi connectivity index (χ0n) is 13.3. The molecule has 5 heteroatoms. The highest BCUT2D eigenvalue weighted by atomic mass is 35.5. The first-order valence-corrected chi connectivity index (χ1v) is 7.43. The molecule has 1 N–H and O–H groups in total. The average Bonchev–Trinajstić information content (AvgIpc) is 2.55. The van der Waals surface area contributed by atoms with E-state index in [0.29, 0.717) is 13.2 Å². The first-order chi connectivity index (χ1) is 10.8. The van der Waals surface area contributed by atoms with Crippen molar-refractivity contribution in [1.82, 2.24) is 10.3 Å². The summed E-state index contributed by atoms with van der Waals surface area (Å²) in [6.45, 7) is 8.18. The fourth-order valence-electron chi connectivity index (χ4n) is 2.04. The molecule has 0 fully saturated rings. The summed E-state index contributed by atoms with van der Waals surface area (Å²) in [5, 5.41) is 3.37. The van der Waals surface area contributed by atoms with Crippen molar-refractivity contribution in [3.05, 3.63) is 66.5 Å². The predicted octanol–water partition coefficient (Wildman–Crippen LogP) is 3.76. The van der Waals surface area contributed by atoms with Crippen molar-refractivity contribution in [3.63, 3.8) is 0 Å². The highest BCUT2D eigenvalue weighted by molar-refractivity contribution is 5.85. The van der Waals surface area contributed by atoms with Crippen LogP contribution in [0.5, 0.6) is 11.5 Å². The normalized spacial score (nSPS) is 9.78. The second kappa shape index (κ2) is 10.6. The summed E-state index contributed by atoms with van der Waals surface area (Å²) in [6.07, 6.45) is 3.52. The molecule has 1 aromatic carbocycles. The number of halogens is 1. The van der Waals surface area contributed by atoms with E-state index in [1.54, 1.807) is 12.3 Å².